The molecular formula is C21H20F3N3O2. The molecule has 0 atom stereocenters. The number of hydrogen-bond acceptors (Lipinski definition) is 4. The van der Waals surface area contributed by atoms with Crippen molar-refractivity contribution in [2.75, 3.05) is 5.32 Å². The van der Waals surface area contributed by atoms with E-state index in [-0.39, 0.29) is 23.8 Å². The molecule has 1 amide bonds. The smallest absolute Gasteiger partial charge is 0.433 e. The van der Waals surface area contributed by atoms with Gasteiger partial charge in [-0.1, -0.05) is 18.2 Å². The van der Waals surface area contributed by atoms with Crippen LogP contribution in [0.15, 0.2) is 53.1 Å². The number of fused-ring (bicyclic) bond motifs is 1. The second kappa shape index (κ2) is 7.77. The summed E-state index contributed by atoms with van der Waals surface area (Å²) < 4.78 is 44.8. The van der Waals surface area contributed by atoms with E-state index in [0.717, 1.165) is 31.7 Å². The fourth-order valence-corrected chi connectivity index (χ4v) is 3.71. The number of furan rings is 1. The zero-order chi connectivity index (χ0) is 20.4. The van der Waals surface area contributed by atoms with E-state index in [4.69, 9.17) is 4.42 Å². The highest BCUT2D eigenvalue weighted by molar-refractivity contribution is 5.92. The lowest BCUT2D eigenvalue weighted by atomic mass is 9.90. The van der Waals surface area contributed by atoms with Gasteiger partial charge in [0.15, 0.2) is 5.76 Å². The third-order valence-corrected chi connectivity index (χ3v) is 5.17. The van der Waals surface area contributed by atoms with Crippen LogP contribution in [0.2, 0.25) is 0 Å². The van der Waals surface area contributed by atoms with Crippen molar-refractivity contribution in [2.45, 2.75) is 43.9 Å². The first-order valence-electron chi connectivity index (χ1n) is 9.48. The minimum absolute atomic E-state index is 0.0190. The molecule has 0 unspecified atom stereocenters. The number of anilines is 1. The first kappa shape index (κ1) is 19.3. The van der Waals surface area contributed by atoms with Crippen molar-refractivity contribution in [1.82, 2.24) is 10.3 Å². The van der Waals surface area contributed by atoms with Gasteiger partial charge in [0, 0.05) is 23.2 Å². The van der Waals surface area contributed by atoms with Crippen LogP contribution in [0.5, 0.6) is 0 Å². The van der Waals surface area contributed by atoms with Crippen LogP contribution in [0.1, 0.15) is 41.9 Å². The molecule has 4 rings (SSSR count). The second-order valence-electron chi connectivity index (χ2n) is 7.21. The minimum atomic E-state index is -4.51. The Morgan fingerprint density at radius 3 is 2.45 bits per heavy atom. The number of nitrogens with zero attached hydrogens (tertiary/aromatic N) is 1. The quantitative estimate of drug-likeness (QED) is 0.643. The summed E-state index contributed by atoms with van der Waals surface area (Å²) >= 11 is 0. The second-order valence-corrected chi connectivity index (χ2v) is 7.21. The fourth-order valence-electron chi connectivity index (χ4n) is 3.71. The molecule has 5 nitrogen and oxygen atoms in total. The number of pyridine rings is 1. The van der Waals surface area contributed by atoms with Crippen LogP contribution in [0.4, 0.5) is 18.9 Å². The first-order valence-corrected chi connectivity index (χ1v) is 9.48. The van der Waals surface area contributed by atoms with Crippen LogP contribution in [-0.4, -0.2) is 23.0 Å². The van der Waals surface area contributed by atoms with Gasteiger partial charge in [-0.25, -0.2) is 4.98 Å². The van der Waals surface area contributed by atoms with Crippen LogP contribution in [0, 0.1) is 0 Å². The van der Waals surface area contributed by atoms with Gasteiger partial charge >= 0.3 is 6.18 Å². The zero-order valence-corrected chi connectivity index (χ0v) is 15.5. The van der Waals surface area contributed by atoms with Crippen LogP contribution < -0.4 is 10.6 Å². The maximum atomic E-state index is 13.2. The monoisotopic (exact) mass is 403 g/mol. The van der Waals surface area contributed by atoms with Crippen molar-refractivity contribution in [3.8, 4) is 0 Å². The normalized spacial score (nSPS) is 19.8. The summed E-state index contributed by atoms with van der Waals surface area (Å²) in [6.07, 6.45) is -0.112. The summed E-state index contributed by atoms with van der Waals surface area (Å²) in [5.74, 6) is 0.0227. The topological polar surface area (TPSA) is 67.2 Å². The summed E-state index contributed by atoms with van der Waals surface area (Å²) in [4.78, 5) is 15.8. The Labute approximate surface area is 165 Å². The highest BCUT2D eigenvalue weighted by atomic mass is 19.4. The molecule has 2 heterocycles. The maximum Gasteiger partial charge on any atom is 0.433 e. The molecule has 1 aromatic carbocycles. The number of rotatable bonds is 4. The predicted molar refractivity (Wildman–Crippen MR) is 103 cm³/mol. The summed E-state index contributed by atoms with van der Waals surface area (Å²) in [6.45, 7) is 0. The molecule has 0 radical (unpaired) electrons. The third-order valence-electron chi connectivity index (χ3n) is 5.17. The standard InChI is InChI=1S/C21H20F3N3O2/c22-21(23,24)19-12-17(15-4-1-2-5-16(15)27-19)25-13-7-9-14(10-8-13)26-20(28)18-6-3-11-29-18/h1-6,11-14H,7-10H2,(H,25,27)(H,26,28)/t13-,14+. The number of aromatic nitrogens is 1. The van der Waals surface area contributed by atoms with Crippen LogP contribution in [-0.2, 0) is 6.18 Å². The predicted octanol–water partition coefficient (Wildman–Crippen LogP) is 5.00. The number of halogens is 3. The molecule has 29 heavy (non-hydrogen) atoms. The first-order chi connectivity index (χ1) is 13.9. The van der Waals surface area contributed by atoms with E-state index < -0.39 is 11.9 Å². The number of alkyl halides is 3. The lowest BCUT2D eigenvalue weighted by Crippen LogP contribution is -2.40. The molecule has 1 saturated carbocycles. The molecule has 8 heteroatoms. The van der Waals surface area contributed by atoms with Gasteiger partial charge in [-0.3, -0.25) is 4.79 Å². The van der Waals surface area contributed by atoms with Gasteiger partial charge < -0.3 is 15.1 Å². The van der Waals surface area contributed by atoms with Crippen molar-refractivity contribution < 1.29 is 22.4 Å². The van der Waals surface area contributed by atoms with Crippen molar-refractivity contribution in [3.05, 3.63) is 60.2 Å². The minimum Gasteiger partial charge on any atom is -0.459 e. The molecule has 2 aromatic heterocycles. The number of para-hydroxylation sites is 1. The molecule has 3 aromatic rings. The van der Waals surface area contributed by atoms with Gasteiger partial charge in [0.05, 0.1) is 11.8 Å². The number of carbonyl (C=O) groups is 1. The Bertz CT molecular complexity index is 994. The Hall–Kier alpha value is -3.03. The number of hydrogen-bond donors (Lipinski definition) is 2. The Balaban J connectivity index is 1.44. The molecule has 2 N–H and O–H groups in total. The van der Waals surface area contributed by atoms with E-state index in [1.807, 2.05) is 0 Å². The van der Waals surface area contributed by atoms with E-state index in [0.29, 0.717) is 16.6 Å². The average molecular weight is 403 g/mol. The highest BCUT2D eigenvalue weighted by Gasteiger charge is 2.33. The molecular weight excluding hydrogens is 383 g/mol. The largest absolute Gasteiger partial charge is 0.459 e. The molecule has 1 aliphatic carbocycles. The molecule has 1 aliphatic rings. The summed E-state index contributed by atoms with van der Waals surface area (Å²) in [6, 6.07) is 11.2. The van der Waals surface area contributed by atoms with Crippen molar-refractivity contribution in [2.24, 2.45) is 0 Å². The number of carbonyl (C=O) groups excluding carboxylic acids is 1. The lowest BCUT2D eigenvalue weighted by Gasteiger charge is -2.30. The van der Waals surface area contributed by atoms with Crippen LogP contribution >= 0.6 is 0 Å². The van der Waals surface area contributed by atoms with Gasteiger partial charge in [-0.05, 0) is 49.9 Å². The van der Waals surface area contributed by atoms with E-state index in [9.17, 15) is 18.0 Å². The van der Waals surface area contributed by atoms with Gasteiger partial charge in [-0.15, -0.1) is 0 Å². The number of nitrogens with one attached hydrogen (secondary N) is 2. The van der Waals surface area contributed by atoms with Crippen LogP contribution in [0.25, 0.3) is 10.9 Å². The molecule has 1 fully saturated rings. The molecule has 0 aliphatic heterocycles. The Morgan fingerprint density at radius 2 is 1.76 bits per heavy atom. The Kier molecular flexibility index (Phi) is 5.17. The molecule has 0 spiro atoms. The molecule has 0 saturated heterocycles. The lowest BCUT2D eigenvalue weighted by molar-refractivity contribution is -0.140. The molecule has 152 valence electrons. The van der Waals surface area contributed by atoms with Gasteiger partial charge in [0.25, 0.3) is 5.91 Å². The van der Waals surface area contributed by atoms with E-state index >= 15 is 0 Å². The van der Waals surface area contributed by atoms with Crippen molar-refractivity contribution >= 4 is 22.5 Å². The summed E-state index contributed by atoms with van der Waals surface area (Å²) in [5, 5.41) is 6.87. The summed E-state index contributed by atoms with van der Waals surface area (Å²) in [5.41, 5.74) is -0.159. The molecule has 0 bridgehead atoms. The average Bonchev–Trinajstić information content (AvgIpc) is 3.24. The van der Waals surface area contributed by atoms with Crippen LogP contribution in [0.3, 0.4) is 0 Å². The van der Waals surface area contributed by atoms with E-state index in [1.165, 1.54) is 6.26 Å². The highest BCUT2D eigenvalue weighted by Crippen LogP contribution is 2.34. The van der Waals surface area contributed by atoms with Crippen molar-refractivity contribution in [1.29, 1.82) is 0 Å². The number of benzene rings is 1. The van der Waals surface area contributed by atoms with E-state index in [2.05, 4.69) is 15.6 Å². The Morgan fingerprint density at radius 1 is 1.03 bits per heavy atom. The third kappa shape index (κ3) is 4.36. The fraction of sp³-hybridized carbons (Fsp3) is 0.333. The van der Waals surface area contributed by atoms with Gasteiger partial charge in [-0.2, -0.15) is 13.2 Å². The van der Waals surface area contributed by atoms with Gasteiger partial charge in [0.2, 0.25) is 0 Å². The van der Waals surface area contributed by atoms with E-state index in [1.54, 1.807) is 36.4 Å². The maximum absolute atomic E-state index is 13.2. The SMILES string of the molecule is O=C(N[C@H]1CC[C@@H](Nc2cc(C(F)(F)F)nc3ccccc23)CC1)c1ccco1. The van der Waals surface area contributed by atoms with Gasteiger partial charge in [0.1, 0.15) is 5.69 Å². The van der Waals surface area contributed by atoms with Crippen molar-refractivity contribution in [3.63, 3.8) is 0 Å². The zero-order valence-electron chi connectivity index (χ0n) is 15.5. The number of amides is 1. The summed E-state index contributed by atoms with van der Waals surface area (Å²) in [7, 11) is 0.